The zero-order valence-electron chi connectivity index (χ0n) is 10.3. The zero-order chi connectivity index (χ0) is 12.1. The lowest BCUT2D eigenvalue weighted by atomic mass is 9.99. The molecule has 2 aromatic rings. The molecule has 2 rings (SSSR count). The van der Waals surface area contributed by atoms with Crippen LogP contribution in [0.2, 0.25) is 0 Å². The molecule has 0 aliphatic heterocycles. The van der Waals surface area contributed by atoms with Crippen LogP contribution in [0.3, 0.4) is 0 Å². The maximum absolute atomic E-state index is 5.54. The number of hydrogen-bond acceptors (Lipinski definition) is 2. The van der Waals surface area contributed by atoms with Gasteiger partial charge < -0.3 is 10.5 Å². The number of methoxy groups -OCH3 is 1. The third-order valence-electron chi connectivity index (χ3n) is 3.10. The highest BCUT2D eigenvalue weighted by Crippen LogP contribution is 2.29. The summed E-state index contributed by atoms with van der Waals surface area (Å²) in [5, 5.41) is 2.57. The van der Waals surface area contributed by atoms with Gasteiger partial charge in [0.25, 0.3) is 0 Å². The summed E-state index contributed by atoms with van der Waals surface area (Å²) in [5.41, 5.74) is 6.85. The average Bonchev–Trinajstić information content (AvgIpc) is 2.39. The SMILES string of the molecule is COc1ccc2ccccc2c1CCCCN. The second-order valence-electron chi connectivity index (χ2n) is 4.21. The molecule has 2 nitrogen and oxygen atoms in total. The molecule has 0 aliphatic carbocycles. The van der Waals surface area contributed by atoms with Gasteiger partial charge in [-0.25, -0.2) is 0 Å². The molecule has 0 spiro atoms. The maximum Gasteiger partial charge on any atom is 0.122 e. The molecule has 0 atom stereocenters. The molecule has 0 heterocycles. The van der Waals surface area contributed by atoms with E-state index in [9.17, 15) is 0 Å². The van der Waals surface area contributed by atoms with Crippen molar-refractivity contribution in [1.29, 1.82) is 0 Å². The number of nitrogens with two attached hydrogens (primary N) is 1. The Hall–Kier alpha value is -1.54. The number of fused-ring (bicyclic) bond motifs is 1. The molecule has 0 fully saturated rings. The summed E-state index contributed by atoms with van der Waals surface area (Å²) in [4.78, 5) is 0. The van der Waals surface area contributed by atoms with Crippen LogP contribution in [0.5, 0.6) is 5.75 Å². The Morgan fingerprint density at radius 3 is 2.65 bits per heavy atom. The van der Waals surface area contributed by atoms with Crippen LogP contribution in [-0.4, -0.2) is 13.7 Å². The molecule has 0 amide bonds. The molecule has 0 saturated carbocycles. The lowest BCUT2D eigenvalue weighted by Gasteiger charge is -2.11. The minimum Gasteiger partial charge on any atom is -0.496 e. The van der Waals surface area contributed by atoms with Gasteiger partial charge in [0, 0.05) is 5.56 Å². The molecule has 2 aromatic carbocycles. The van der Waals surface area contributed by atoms with Gasteiger partial charge in [-0.05, 0) is 42.6 Å². The van der Waals surface area contributed by atoms with E-state index < -0.39 is 0 Å². The van der Waals surface area contributed by atoms with Crippen LogP contribution >= 0.6 is 0 Å². The summed E-state index contributed by atoms with van der Waals surface area (Å²) in [6, 6.07) is 12.6. The molecular weight excluding hydrogens is 210 g/mol. The first kappa shape index (κ1) is 11.9. The third-order valence-corrected chi connectivity index (χ3v) is 3.10. The van der Waals surface area contributed by atoms with Crippen LogP contribution in [0.4, 0.5) is 0 Å². The highest BCUT2D eigenvalue weighted by atomic mass is 16.5. The first-order valence-corrected chi connectivity index (χ1v) is 6.11. The van der Waals surface area contributed by atoms with Crippen molar-refractivity contribution in [3.63, 3.8) is 0 Å². The van der Waals surface area contributed by atoms with Gasteiger partial charge in [0.1, 0.15) is 5.75 Å². The van der Waals surface area contributed by atoms with E-state index in [0.29, 0.717) is 0 Å². The number of rotatable bonds is 5. The fourth-order valence-electron chi connectivity index (χ4n) is 2.21. The number of unbranched alkanes of at least 4 members (excludes halogenated alkanes) is 1. The normalized spacial score (nSPS) is 10.7. The van der Waals surface area contributed by atoms with E-state index in [1.54, 1.807) is 7.11 Å². The zero-order valence-corrected chi connectivity index (χ0v) is 10.3. The van der Waals surface area contributed by atoms with Gasteiger partial charge in [0.15, 0.2) is 0 Å². The van der Waals surface area contributed by atoms with E-state index in [1.807, 2.05) is 0 Å². The van der Waals surface area contributed by atoms with Gasteiger partial charge in [-0.15, -0.1) is 0 Å². The van der Waals surface area contributed by atoms with Crippen molar-refractivity contribution >= 4 is 10.8 Å². The molecule has 0 aromatic heterocycles. The van der Waals surface area contributed by atoms with Crippen molar-refractivity contribution < 1.29 is 4.74 Å². The van der Waals surface area contributed by atoms with E-state index >= 15 is 0 Å². The first-order valence-electron chi connectivity index (χ1n) is 6.11. The fraction of sp³-hybridized carbons (Fsp3) is 0.333. The van der Waals surface area contributed by atoms with Gasteiger partial charge in [-0.3, -0.25) is 0 Å². The summed E-state index contributed by atoms with van der Waals surface area (Å²) in [7, 11) is 1.73. The van der Waals surface area contributed by atoms with E-state index in [-0.39, 0.29) is 0 Å². The Bertz CT molecular complexity index is 493. The van der Waals surface area contributed by atoms with Gasteiger partial charge in [-0.1, -0.05) is 30.3 Å². The Labute approximate surface area is 102 Å². The van der Waals surface area contributed by atoms with Crippen LogP contribution in [0.25, 0.3) is 10.8 Å². The number of benzene rings is 2. The van der Waals surface area contributed by atoms with Crippen molar-refractivity contribution in [2.45, 2.75) is 19.3 Å². The molecule has 2 N–H and O–H groups in total. The van der Waals surface area contributed by atoms with Crippen molar-refractivity contribution in [2.24, 2.45) is 5.73 Å². The highest BCUT2D eigenvalue weighted by Gasteiger charge is 2.07. The lowest BCUT2D eigenvalue weighted by molar-refractivity contribution is 0.410. The summed E-state index contributed by atoms with van der Waals surface area (Å²) in [5.74, 6) is 0.987. The standard InChI is InChI=1S/C15H19NO/c1-17-15-10-9-12-6-2-3-7-13(12)14(15)8-4-5-11-16/h2-3,6-7,9-10H,4-5,8,11,16H2,1H3. The van der Waals surface area contributed by atoms with Crippen molar-refractivity contribution in [1.82, 2.24) is 0 Å². The molecule has 2 heteroatoms. The monoisotopic (exact) mass is 229 g/mol. The topological polar surface area (TPSA) is 35.2 Å². The average molecular weight is 229 g/mol. The minimum absolute atomic E-state index is 0.757. The molecule has 0 unspecified atom stereocenters. The molecule has 0 radical (unpaired) electrons. The van der Waals surface area contributed by atoms with Crippen LogP contribution < -0.4 is 10.5 Å². The van der Waals surface area contributed by atoms with Gasteiger partial charge >= 0.3 is 0 Å². The Balaban J connectivity index is 2.40. The largest absolute Gasteiger partial charge is 0.496 e. The first-order chi connectivity index (χ1) is 8.36. The van der Waals surface area contributed by atoms with E-state index in [0.717, 1.165) is 31.6 Å². The van der Waals surface area contributed by atoms with Crippen molar-refractivity contribution in [2.75, 3.05) is 13.7 Å². The summed E-state index contributed by atoms with van der Waals surface area (Å²) >= 11 is 0. The van der Waals surface area contributed by atoms with E-state index in [2.05, 4.69) is 36.4 Å². The van der Waals surface area contributed by atoms with Crippen LogP contribution in [0.1, 0.15) is 18.4 Å². The third kappa shape index (κ3) is 2.59. The van der Waals surface area contributed by atoms with Gasteiger partial charge in [-0.2, -0.15) is 0 Å². The van der Waals surface area contributed by atoms with E-state index in [1.165, 1.54) is 16.3 Å². The Kier molecular flexibility index (Phi) is 3.99. The molecular formula is C15H19NO. The van der Waals surface area contributed by atoms with Crippen LogP contribution in [0, 0.1) is 0 Å². The number of hydrogen-bond donors (Lipinski definition) is 1. The van der Waals surface area contributed by atoms with Gasteiger partial charge in [0.05, 0.1) is 7.11 Å². The number of ether oxygens (including phenoxy) is 1. The maximum atomic E-state index is 5.54. The smallest absolute Gasteiger partial charge is 0.122 e. The Morgan fingerprint density at radius 1 is 1.06 bits per heavy atom. The van der Waals surface area contributed by atoms with Crippen LogP contribution in [0.15, 0.2) is 36.4 Å². The quantitative estimate of drug-likeness (QED) is 0.799. The minimum atomic E-state index is 0.757. The fourth-order valence-corrected chi connectivity index (χ4v) is 2.21. The van der Waals surface area contributed by atoms with Crippen molar-refractivity contribution in [3.8, 4) is 5.75 Å². The Morgan fingerprint density at radius 2 is 1.88 bits per heavy atom. The predicted molar refractivity (Wildman–Crippen MR) is 72.5 cm³/mol. The number of aryl methyl sites for hydroxylation is 1. The van der Waals surface area contributed by atoms with Crippen molar-refractivity contribution in [3.05, 3.63) is 42.0 Å². The van der Waals surface area contributed by atoms with Crippen LogP contribution in [-0.2, 0) is 6.42 Å². The molecule has 0 saturated heterocycles. The highest BCUT2D eigenvalue weighted by molar-refractivity contribution is 5.87. The van der Waals surface area contributed by atoms with Gasteiger partial charge in [0.2, 0.25) is 0 Å². The molecule has 0 aliphatic rings. The lowest BCUT2D eigenvalue weighted by Crippen LogP contribution is -2.00. The predicted octanol–water partition coefficient (Wildman–Crippen LogP) is 3.13. The summed E-state index contributed by atoms with van der Waals surface area (Å²) in [6.07, 6.45) is 3.20. The van der Waals surface area contributed by atoms with E-state index in [4.69, 9.17) is 10.5 Å². The second-order valence-corrected chi connectivity index (χ2v) is 4.21. The summed E-state index contributed by atoms with van der Waals surface area (Å²) < 4.78 is 5.45. The molecule has 17 heavy (non-hydrogen) atoms. The molecule has 0 bridgehead atoms. The molecule has 90 valence electrons. The second kappa shape index (κ2) is 5.69. The summed E-state index contributed by atoms with van der Waals surface area (Å²) in [6.45, 7) is 0.757.